The van der Waals surface area contributed by atoms with Crippen LogP contribution in [0.25, 0.3) is 0 Å². The van der Waals surface area contributed by atoms with Gasteiger partial charge in [0.05, 0.1) is 0 Å². The van der Waals surface area contributed by atoms with E-state index in [4.69, 9.17) is 5.73 Å². The Morgan fingerprint density at radius 2 is 2.22 bits per heavy atom. The molecule has 2 aromatic rings. The summed E-state index contributed by atoms with van der Waals surface area (Å²) in [6.45, 7) is 2.61. The molecule has 2 N–H and O–H groups in total. The lowest BCUT2D eigenvalue weighted by molar-refractivity contribution is 0.605. The van der Waals surface area contributed by atoms with Crippen molar-refractivity contribution >= 4 is 5.69 Å². The summed E-state index contributed by atoms with van der Waals surface area (Å²) in [6, 6.07) is 7.84. The minimum Gasteiger partial charge on any atom is -0.399 e. The van der Waals surface area contributed by atoms with E-state index in [1.54, 1.807) is 10.8 Å². The zero-order chi connectivity index (χ0) is 13.0. The van der Waals surface area contributed by atoms with E-state index in [1.165, 1.54) is 5.56 Å². The molecule has 0 aliphatic carbocycles. The maximum Gasteiger partial charge on any atom is 0.347 e. The first-order chi connectivity index (χ1) is 8.65. The second-order valence-corrected chi connectivity index (χ2v) is 4.46. The molecule has 0 radical (unpaired) electrons. The third-order valence-corrected chi connectivity index (χ3v) is 2.80. The van der Waals surface area contributed by atoms with Crippen molar-refractivity contribution in [1.82, 2.24) is 9.55 Å². The van der Waals surface area contributed by atoms with E-state index in [1.807, 2.05) is 37.4 Å². The van der Waals surface area contributed by atoms with Gasteiger partial charge in [0, 0.05) is 24.6 Å². The minimum atomic E-state index is -0.187. The Morgan fingerprint density at radius 1 is 1.39 bits per heavy atom. The molecule has 18 heavy (non-hydrogen) atoms. The standard InChI is InChI=1S/C14H17N3O/c1-11-9-16-14(18)17(10-11)7-3-5-12-4-2-6-13(15)8-12/h2,4,6,8-10H,3,5,7,15H2,1H3. The molecular formula is C14H17N3O. The molecule has 0 aliphatic rings. The third kappa shape index (κ3) is 3.20. The summed E-state index contributed by atoms with van der Waals surface area (Å²) in [5, 5.41) is 0. The second kappa shape index (κ2) is 5.49. The van der Waals surface area contributed by atoms with Gasteiger partial charge in [0.2, 0.25) is 0 Å². The summed E-state index contributed by atoms with van der Waals surface area (Å²) in [5.41, 5.74) is 8.51. The SMILES string of the molecule is Cc1cnc(=O)n(CCCc2cccc(N)c2)c1. The fourth-order valence-corrected chi connectivity index (χ4v) is 1.93. The van der Waals surface area contributed by atoms with Crippen LogP contribution in [0.15, 0.2) is 41.5 Å². The highest BCUT2D eigenvalue weighted by Gasteiger charge is 1.99. The largest absolute Gasteiger partial charge is 0.399 e. The second-order valence-electron chi connectivity index (χ2n) is 4.46. The number of aryl methyl sites for hydroxylation is 3. The van der Waals surface area contributed by atoms with Gasteiger partial charge in [-0.15, -0.1) is 0 Å². The first kappa shape index (κ1) is 12.4. The molecular weight excluding hydrogens is 226 g/mol. The van der Waals surface area contributed by atoms with Crippen LogP contribution in [0.2, 0.25) is 0 Å². The first-order valence-corrected chi connectivity index (χ1v) is 6.02. The van der Waals surface area contributed by atoms with Gasteiger partial charge in [-0.2, -0.15) is 0 Å². The maximum atomic E-state index is 11.5. The molecule has 1 aromatic heterocycles. The van der Waals surface area contributed by atoms with Gasteiger partial charge in [0.25, 0.3) is 0 Å². The summed E-state index contributed by atoms with van der Waals surface area (Å²) in [4.78, 5) is 15.3. The van der Waals surface area contributed by atoms with Crippen LogP contribution < -0.4 is 11.4 Å². The Balaban J connectivity index is 1.96. The van der Waals surface area contributed by atoms with Crippen molar-refractivity contribution in [2.24, 2.45) is 0 Å². The molecule has 0 amide bonds. The fourth-order valence-electron chi connectivity index (χ4n) is 1.93. The van der Waals surface area contributed by atoms with Crippen molar-refractivity contribution in [3.8, 4) is 0 Å². The van der Waals surface area contributed by atoms with Crippen LogP contribution in [0.4, 0.5) is 5.69 Å². The quantitative estimate of drug-likeness (QED) is 0.832. The lowest BCUT2D eigenvalue weighted by Crippen LogP contribution is -2.22. The van der Waals surface area contributed by atoms with Crippen LogP contribution in [0.5, 0.6) is 0 Å². The fraction of sp³-hybridized carbons (Fsp3) is 0.286. The zero-order valence-corrected chi connectivity index (χ0v) is 10.5. The van der Waals surface area contributed by atoms with Crippen molar-refractivity contribution < 1.29 is 0 Å². The maximum absolute atomic E-state index is 11.5. The normalized spacial score (nSPS) is 10.5. The van der Waals surface area contributed by atoms with Crippen LogP contribution in [-0.2, 0) is 13.0 Å². The molecule has 94 valence electrons. The monoisotopic (exact) mass is 243 g/mol. The summed E-state index contributed by atoms with van der Waals surface area (Å²) in [5.74, 6) is 0. The molecule has 2 rings (SSSR count). The molecule has 0 saturated carbocycles. The number of hydrogen-bond acceptors (Lipinski definition) is 3. The van der Waals surface area contributed by atoms with Crippen molar-refractivity contribution in [1.29, 1.82) is 0 Å². The average molecular weight is 243 g/mol. The molecule has 0 aliphatic heterocycles. The van der Waals surface area contributed by atoms with E-state index in [2.05, 4.69) is 4.98 Å². The van der Waals surface area contributed by atoms with Gasteiger partial charge >= 0.3 is 5.69 Å². The molecule has 0 unspecified atom stereocenters. The third-order valence-electron chi connectivity index (χ3n) is 2.80. The van der Waals surface area contributed by atoms with Gasteiger partial charge in [-0.1, -0.05) is 12.1 Å². The van der Waals surface area contributed by atoms with E-state index in [-0.39, 0.29) is 5.69 Å². The van der Waals surface area contributed by atoms with E-state index in [0.717, 1.165) is 24.1 Å². The van der Waals surface area contributed by atoms with Crippen LogP contribution in [-0.4, -0.2) is 9.55 Å². The van der Waals surface area contributed by atoms with Crippen molar-refractivity contribution in [2.75, 3.05) is 5.73 Å². The Labute approximate surface area is 106 Å². The summed E-state index contributed by atoms with van der Waals surface area (Å²) in [7, 11) is 0. The summed E-state index contributed by atoms with van der Waals surface area (Å²) >= 11 is 0. The topological polar surface area (TPSA) is 60.9 Å². The number of hydrogen-bond donors (Lipinski definition) is 1. The highest BCUT2D eigenvalue weighted by molar-refractivity contribution is 5.40. The molecule has 0 bridgehead atoms. The van der Waals surface area contributed by atoms with Crippen molar-refractivity contribution in [2.45, 2.75) is 26.3 Å². The Kier molecular flexibility index (Phi) is 3.77. The first-order valence-electron chi connectivity index (χ1n) is 6.02. The molecule has 0 saturated heterocycles. The molecule has 1 heterocycles. The van der Waals surface area contributed by atoms with Crippen molar-refractivity contribution in [3.05, 3.63) is 58.3 Å². The number of nitrogens with zero attached hydrogens (tertiary/aromatic N) is 2. The number of rotatable bonds is 4. The van der Waals surface area contributed by atoms with E-state index < -0.39 is 0 Å². The smallest absolute Gasteiger partial charge is 0.347 e. The molecule has 0 fully saturated rings. The molecule has 0 atom stereocenters. The van der Waals surface area contributed by atoms with E-state index in [0.29, 0.717) is 6.54 Å². The van der Waals surface area contributed by atoms with E-state index in [9.17, 15) is 4.79 Å². The van der Waals surface area contributed by atoms with Gasteiger partial charge in [-0.3, -0.25) is 4.57 Å². The number of benzene rings is 1. The molecule has 4 nitrogen and oxygen atoms in total. The summed E-state index contributed by atoms with van der Waals surface area (Å²) < 4.78 is 1.65. The van der Waals surface area contributed by atoms with Crippen LogP contribution in [0.3, 0.4) is 0 Å². The number of anilines is 1. The lowest BCUT2D eigenvalue weighted by Gasteiger charge is -2.06. The van der Waals surface area contributed by atoms with Gasteiger partial charge in [0.15, 0.2) is 0 Å². The minimum absolute atomic E-state index is 0.187. The van der Waals surface area contributed by atoms with Gasteiger partial charge in [-0.05, 0) is 43.0 Å². The Hall–Kier alpha value is -2.10. The predicted octanol–water partition coefficient (Wildman–Crippen LogP) is 1.77. The van der Waals surface area contributed by atoms with Crippen molar-refractivity contribution in [3.63, 3.8) is 0 Å². The van der Waals surface area contributed by atoms with Gasteiger partial charge in [0.1, 0.15) is 0 Å². The van der Waals surface area contributed by atoms with Gasteiger partial charge in [-0.25, -0.2) is 9.78 Å². The van der Waals surface area contributed by atoms with Crippen LogP contribution >= 0.6 is 0 Å². The Bertz CT molecular complexity index is 590. The number of nitrogen functional groups attached to an aromatic ring is 1. The molecule has 0 spiro atoms. The highest BCUT2D eigenvalue weighted by Crippen LogP contribution is 2.09. The summed E-state index contributed by atoms with van der Waals surface area (Å²) in [6.07, 6.45) is 5.24. The number of nitrogens with two attached hydrogens (primary N) is 1. The van der Waals surface area contributed by atoms with E-state index >= 15 is 0 Å². The predicted molar refractivity (Wildman–Crippen MR) is 72.4 cm³/mol. The van der Waals surface area contributed by atoms with Crippen LogP contribution in [0, 0.1) is 6.92 Å². The molecule has 1 aromatic carbocycles. The Morgan fingerprint density at radius 3 is 3.00 bits per heavy atom. The lowest BCUT2D eigenvalue weighted by atomic mass is 10.1. The zero-order valence-electron chi connectivity index (χ0n) is 10.5. The van der Waals surface area contributed by atoms with Crippen LogP contribution in [0.1, 0.15) is 17.5 Å². The highest BCUT2D eigenvalue weighted by atomic mass is 16.1. The number of aromatic nitrogens is 2. The molecule has 4 heteroatoms. The van der Waals surface area contributed by atoms with Gasteiger partial charge < -0.3 is 5.73 Å². The average Bonchev–Trinajstić information content (AvgIpc) is 2.34.